The second-order valence-electron chi connectivity index (χ2n) is 18.5. The minimum Gasteiger partial charge on any atom is -0.466 e. The van der Waals surface area contributed by atoms with E-state index in [9.17, 15) is 19.8 Å². The number of hydrogen-bond donors (Lipinski definition) is 3. The Balaban J connectivity index is 3.48. The topological polar surface area (TPSA) is 95.9 Å². The van der Waals surface area contributed by atoms with Gasteiger partial charge in [-0.1, -0.05) is 224 Å². The van der Waals surface area contributed by atoms with Crippen LogP contribution in [0.4, 0.5) is 0 Å². The van der Waals surface area contributed by atoms with Gasteiger partial charge in [-0.3, -0.25) is 9.59 Å². The molecule has 0 aromatic carbocycles. The van der Waals surface area contributed by atoms with Crippen molar-refractivity contribution in [3.05, 3.63) is 36.5 Å². The number of aliphatic hydroxyl groups excluding tert-OH is 2. The van der Waals surface area contributed by atoms with E-state index in [0.29, 0.717) is 19.4 Å². The zero-order chi connectivity index (χ0) is 45.1. The van der Waals surface area contributed by atoms with Crippen LogP contribution in [0.15, 0.2) is 36.5 Å². The summed E-state index contributed by atoms with van der Waals surface area (Å²) < 4.78 is 5.45. The molecule has 0 rings (SSSR count). The number of hydrogen-bond acceptors (Lipinski definition) is 5. The van der Waals surface area contributed by atoms with Crippen molar-refractivity contribution >= 4 is 11.9 Å². The maximum absolute atomic E-state index is 12.4. The lowest BCUT2D eigenvalue weighted by Gasteiger charge is -2.20. The first kappa shape index (κ1) is 60.1. The number of nitrogens with one attached hydrogen (secondary N) is 1. The van der Waals surface area contributed by atoms with E-state index < -0.39 is 12.1 Å². The third-order valence-electron chi connectivity index (χ3n) is 12.4. The van der Waals surface area contributed by atoms with Crippen molar-refractivity contribution in [1.82, 2.24) is 5.32 Å². The third-order valence-corrected chi connectivity index (χ3v) is 12.4. The fourth-order valence-corrected chi connectivity index (χ4v) is 8.15. The van der Waals surface area contributed by atoms with E-state index in [1.54, 1.807) is 6.08 Å². The molecule has 0 aromatic heterocycles. The quantitative estimate of drug-likeness (QED) is 0.0321. The smallest absolute Gasteiger partial charge is 0.305 e. The van der Waals surface area contributed by atoms with Crippen LogP contribution in [0.2, 0.25) is 0 Å². The van der Waals surface area contributed by atoms with Gasteiger partial charge in [-0.15, -0.1) is 0 Å². The molecule has 0 fully saturated rings. The summed E-state index contributed by atoms with van der Waals surface area (Å²) in [5, 5.41) is 23.1. The molecule has 3 N–H and O–H groups in total. The van der Waals surface area contributed by atoms with Crippen molar-refractivity contribution in [2.75, 3.05) is 13.2 Å². The van der Waals surface area contributed by atoms with Gasteiger partial charge in [0.25, 0.3) is 0 Å². The summed E-state index contributed by atoms with van der Waals surface area (Å²) in [6.45, 7) is 4.86. The van der Waals surface area contributed by atoms with Crippen LogP contribution in [0, 0.1) is 0 Å². The Hall–Kier alpha value is -1.92. The predicted octanol–water partition coefficient (Wildman–Crippen LogP) is 16.5. The van der Waals surface area contributed by atoms with Crippen LogP contribution in [-0.2, 0) is 14.3 Å². The highest BCUT2D eigenvalue weighted by atomic mass is 16.5. The summed E-state index contributed by atoms with van der Waals surface area (Å²) in [7, 11) is 0. The molecule has 0 heterocycles. The van der Waals surface area contributed by atoms with E-state index in [0.717, 1.165) is 51.4 Å². The highest BCUT2D eigenvalue weighted by molar-refractivity contribution is 5.76. The number of amides is 1. The Morgan fingerprint density at radius 1 is 0.435 bits per heavy atom. The van der Waals surface area contributed by atoms with Crippen molar-refractivity contribution < 1.29 is 24.5 Å². The van der Waals surface area contributed by atoms with Crippen molar-refractivity contribution in [1.29, 1.82) is 0 Å². The van der Waals surface area contributed by atoms with Gasteiger partial charge in [0.1, 0.15) is 0 Å². The number of aliphatic hydroxyl groups is 2. The number of unbranched alkanes of at least 4 members (excludes halogenated alkanes) is 35. The van der Waals surface area contributed by atoms with E-state index in [-0.39, 0.29) is 18.5 Å². The monoisotopic (exact) mass is 872 g/mol. The lowest BCUT2D eigenvalue weighted by Crippen LogP contribution is -2.45. The molecule has 0 radical (unpaired) electrons. The van der Waals surface area contributed by atoms with E-state index >= 15 is 0 Å². The van der Waals surface area contributed by atoms with Gasteiger partial charge in [0.05, 0.1) is 25.4 Å². The van der Waals surface area contributed by atoms with Crippen molar-refractivity contribution in [3.63, 3.8) is 0 Å². The second-order valence-corrected chi connectivity index (χ2v) is 18.5. The Labute approximate surface area is 385 Å². The molecular weight excluding hydrogens is 767 g/mol. The molecule has 6 heteroatoms. The molecule has 0 aliphatic heterocycles. The van der Waals surface area contributed by atoms with Gasteiger partial charge in [0.15, 0.2) is 0 Å². The number of allylic oxidation sites excluding steroid dienone is 5. The molecular formula is C56H105NO5. The first-order valence-corrected chi connectivity index (χ1v) is 27.3. The maximum atomic E-state index is 12.4. The van der Waals surface area contributed by atoms with E-state index in [2.05, 4.69) is 43.5 Å². The largest absolute Gasteiger partial charge is 0.466 e. The molecule has 62 heavy (non-hydrogen) atoms. The molecule has 6 nitrogen and oxygen atoms in total. The van der Waals surface area contributed by atoms with Crippen molar-refractivity contribution in [2.45, 2.75) is 296 Å². The normalized spacial score (nSPS) is 12.9. The lowest BCUT2D eigenvalue weighted by atomic mass is 10.0. The molecule has 0 spiro atoms. The Morgan fingerprint density at radius 3 is 1.18 bits per heavy atom. The average Bonchev–Trinajstić information content (AvgIpc) is 3.27. The van der Waals surface area contributed by atoms with Crippen LogP contribution in [0.1, 0.15) is 284 Å². The number of carbonyl (C=O) groups is 2. The Bertz CT molecular complexity index is 1010. The Kier molecular flexibility index (Phi) is 50.1. The number of ether oxygens (including phenoxy) is 1. The van der Waals surface area contributed by atoms with Gasteiger partial charge in [-0.25, -0.2) is 0 Å². The molecule has 0 aliphatic rings. The highest BCUT2D eigenvalue weighted by Crippen LogP contribution is 2.15. The number of rotatable bonds is 50. The lowest BCUT2D eigenvalue weighted by molar-refractivity contribution is -0.143. The van der Waals surface area contributed by atoms with Crippen LogP contribution in [0.25, 0.3) is 0 Å². The van der Waals surface area contributed by atoms with Crippen LogP contribution in [0.5, 0.6) is 0 Å². The van der Waals surface area contributed by atoms with Crippen LogP contribution in [-0.4, -0.2) is 47.4 Å². The third kappa shape index (κ3) is 47.6. The summed E-state index contributed by atoms with van der Waals surface area (Å²) in [4.78, 5) is 24.4. The summed E-state index contributed by atoms with van der Waals surface area (Å²) in [5.74, 6) is -0.0856. The van der Waals surface area contributed by atoms with Gasteiger partial charge >= 0.3 is 5.97 Å². The highest BCUT2D eigenvalue weighted by Gasteiger charge is 2.18. The molecule has 0 saturated heterocycles. The van der Waals surface area contributed by atoms with E-state index in [1.807, 2.05) is 6.08 Å². The zero-order valence-corrected chi connectivity index (χ0v) is 41.4. The first-order valence-electron chi connectivity index (χ1n) is 27.3. The summed E-state index contributed by atoms with van der Waals surface area (Å²) >= 11 is 0. The standard InChI is InChI=1S/C56H105NO5/c1-3-5-7-9-11-13-15-17-25-28-32-36-40-44-48-54(59)53(52-58)57-55(60)49-45-41-37-33-29-26-23-21-19-18-20-22-24-27-31-35-39-43-47-51-62-56(61)50-46-42-38-34-30-16-14-12-10-8-6-4-2/h12,14,18-19,44,48,53-54,58-59H,3-11,13,15-17,20-43,45-47,49-52H2,1-2H3,(H,57,60)/b14-12-,19-18-,48-44+. The average molecular weight is 872 g/mol. The fourth-order valence-electron chi connectivity index (χ4n) is 8.15. The molecule has 2 unspecified atom stereocenters. The van der Waals surface area contributed by atoms with Gasteiger partial charge in [-0.05, 0) is 83.5 Å². The van der Waals surface area contributed by atoms with Crippen molar-refractivity contribution in [2.24, 2.45) is 0 Å². The molecule has 0 bridgehead atoms. The zero-order valence-electron chi connectivity index (χ0n) is 41.4. The molecule has 0 saturated carbocycles. The van der Waals surface area contributed by atoms with Crippen LogP contribution >= 0.6 is 0 Å². The first-order chi connectivity index (χ1) is 30.5. The SMILES string of the molecule is CCCCC/C=C\CCCCCCCC(=O)OCCCCCCCCCC/C=C\CCCCCCCCCC(=O)NC(CO)C(O)/C=C/CCCCCCCCCCCCCC. The fraction of sp³-hybridized carbons (Fsp3) is 0.857. The number of carbonyl (C=O) groups excluding carboxylic acids is 2. The van der Waals surface area contributed by atoms with Gasteiger partial charge in [0.2, 0.25) is 5.91 Å². The van der Waals surface area contributed by atoms with Gasteiger partial charge < -0.3 is 20.3 Å². The Morgan fingerprint density at radius 2 is 0.758 bits per heavy atom. The van der Waals surface area contributed by atoms with Crippen LogP contribution in [0.3, 0.4) is 0 Å². The molecule has 0 aliphatic carbocycles. The molecule has 0 aromatic rings. The van der Waals surface area contributed by atoms with E-state index in [1.165, 1.54) is 205 Å². The molecule has 1 amide bonds. The van der Waals surface area contributed by atoms with Crippen LogP contribution < -0.4 is 5.32 Å². The molecule has 364 valence electrons. The summed E-state index contributed by atoms with van der Waals surface area (Å²) in [6.07, 6.45) is 62.9. The van der Waals surface area contributed by atoms with Gasteiger partial charge in [0, 0.05) is 12.8 Å². The number of esters is 1. The van der Waals surface area contributed by atoms with Gasteiger partial charge in [-0.2, -0.15) is 0 Å². The maximum Gasteiger partial charge on any atom is 0.305 e. The second kappa shape index (κ2) is 51.7. The summed E-state index contributed by atoms with van der Waals surface area (Å²) in [6, 6.07) is -0.634. The van der Waals surface area contributed by atoms with E-state index in [4.69, 9.17) is 4.74 Å². The van der Waals surface area contributed by atoms with Crippen molar-refractivity contribution in [3.8, 4) is 0 Å². The minimum absolute atomic E-state index is 0.00745. The molecule has 2 atom stereocenters. The minimum atomic E-state index is -0.850. The predicted molar refractivity (Wildman–Crippen MR) is 269 cm³/mol. The summed E-state index contributed by atoms with van der Waals surface area (Å²) in [5.41, 5.74) is 0.